The van der Waals surface area contributed by atoms with Crippen molar-refractivity contribution in [3.8, 4) is 0 Å². The molecule has 0 atom stereocenters. The number of epoxide rings is 2. The number of hydrogen-bond acceptors (Lipinski definition) is 3. The average molecular weight is 250 g/mol. The van der Waals surface area contributed by atoms with Gasteiger partial charge >= 0.3 is 5.97 Å². The van der Waals surface area contributed by atoms with Gasteiger partial charge in [-0.25, -0.2) is 4.79 Å². The molecule has 2 aliphatic carbocycles. The molecule has 0 unspecified atom stereocenters. The first-order valence-corrected chi connectivity index (χ1v) is 7.03. The molecule has 4 nitrogen and oxygen atoms in total. The van der Waals surface area contributed by atoms with E-state index in [0.29, 0.717) is 24.3 Å². The minimum absolute atomic E-state index is 0.393. The predicted molar refractivity (Wildman–Crippen MR) is 62.7 cm³/mol. The van der Waals surface area contributed by atoms with E-state index in [9.17, 15) is 9.90 Å². The van der Waals surface area contributed by atoms with Crippen molar-refractivity contribution in [2.75, 3.05) is 0 Å². The number of ether oxygens (including phenoxy) is 2. The first-order chi connectivity index (χ1) is 8.67. The summed E-state index contributed by atoms with van der Waals surface area (Å²) in [5, 5.41) is 9.34. The van der Waals surface area contributed by atoms with Crippen molar-refractivity contribution in [1.82, 2.24) is 0 Å². The molecule has 2 saturated heterocycles. The summed E-state index contributed by atoms with van der Waals surface area (Å²) in [7, 11) is 0. The molecule has 1 N–H and O–H groups in total. The van der Waals surface area contributed by atoms with Crippen LogP contribution >= 0.6 is 0 Å². The van der Waals surface area contributed by atoms with Crippen molar-refractivity contribution in [2.45, 2.75) is 62.9 Å². The lowest BCUT2D eigenvalue weighted by atomic mass is 9.80. The maximum absolute atomic E-state index is 11.4. The summed E-state index contributed by atoms with van der Waals surface area (Å²) in [5.74, 6) is -1.14. The summed E-state index contributed by atoms with van der Waals surface area (Å²) in [6.45, 7) is 0. The number of rotatable bonds is 3. The molecule has 4 rings (SSSR count). The molecule has 2 aliphatic heterocycles. The highest BCUT2D eigenvalue weighted by molar-refractivity contribution is 5.89. The van der Waals surface area contributed by atoms with Crippen molar-refractivity contribution in [3.63, 3.8) is 0 Å². The van der Waals surface area contributed by atoms with Crippen LogP contribution in [0.4, 0.5) is 0 Å². The van der Waals surface area contributed by atoms with Gasteiger partial charge in [0, 0.05) is 17.6 Å². The zero-order valence-corrected chi connectivity index (χ0v) is 10.4. The lowest BCUT2D eigenvalue weighted by Crippen LogP contribution is -2.19. The van der Waals surface area contributed by atoms with Crippen molar-refractivity contribution in [3.05, 3.63) is 11.1 Å². The quantitative estimate of drug-likeness (QED) is 0.782. The van der Waals surface area contributed by atoms with E-state index in [1.54, 1.807) is 0 Å². The van der Waals surface area contributed by atoms with Gasteiger partial charge in [0.1, 0.15) is 0 Å². The highest BCUT2D eigenvalue weighted by Crippen LogP contribution is 2.76. The van der Waals surface area contributed by atoms with Crippen LogP contribution in [-0.2, 0) is 14.3 Å². The number of aliphatic carboxylic acids is 1. The van der Waals surface area contributed by atoms with Crippen LogP contribution in [0, 0.1) is 5.92 Å². The van der Waals surface area contributed by atoms with Gasteiger partial charge in [-0.05, 0) is 18.8 Å². The minimum Gasteiger partial charge on any atom is -0.478 e. The molecule has 4 aliphatic rings. The zero-order chi connectivity index (χ0) is 12.4. The molecule has 0 bridgehead atoms. The predicted octanol–water partition coefficient (Wildman–Crippen LogP) is 2.58. The van der Waals surface area contributed by atoms with E-state index >= 15 is 0 Å². The van der Waals surface area contributed by atoms with E-state index in [2.05, 4.69) is 0 Å². The van der Waals surface area contributed by atoms with Crippen molar-refractivity contribution in [2.24, 2.45) is 5.92 Å². The lowest BCUT2D eigenvalue weighted by Gasteiger charge is -2.24. The van der Waals surface area contributed by atoms with Gasteiger partial charge in [0.25, 0.3) is 5.79 Å². The minimum atomic E-state index is -0.783. The molecule has 3 fully saturated rings. The van der Waals surface area contributed by atoms with Gasteiger partial charge in [-0.3, -0.25) is 0 Å². The molecule has 0 aromatic rings. The Morgan fingerprint density at radius 2 is 2.00 bits per heavy atom. The summed E-state index contributed by atoms with van der Waals surface area (Å²) in [5.41, 5.74) is 1.51. The Balaban J connectivity index is 1.60. The lowest BCUT2D eigenvalue weighted by molar-refractivity contribution is -0.133. The van der Waals surface area contributed by atoms with E-state index in [1.807, 2.05) is 0 Å². The third kappa shape index (κ3) is 1.30. The molecule has 0 amide bonds. The molecule has 0 aromatic carbocycles. The smallest absolute Gasteiger partial charge is 0.331 e. The summed E-state index contributed by atoms with van der Waals surface area (Å²) in [6.07, 6.45) is 8.49. The molecular weight excluding hydrogens is 232 g/mol. The zero-order valence-electron chi connectivity index (χ0n) is 10.4. The summed E-state index contributed by atoms with van der Waals surface area (Å²) in [6, 6.07) is 0. The van der Waals surface area contributed by atoms with Gasteiger partial charge in [-0.2, -0.15) is 0 Å². The van der Waals surface area contributed by atoms with E-state index in [1.165, 1.54) is 32.1 Å². The Morgan fingerprint density at radius 1 is 1.28 bits per heavy atom. The standard InChI is InChI=1S/C14H18O4/c15-12(16)10-6-7-13-14(17-13,18-13)11(10)8-9-4-2-1-3-5-9/h9H,1-8H2,(H,15,16). The Labute approximate surface area is 106 Å². The van der Waals surface area contributed by atoms with Gasteiger partial charge in [-0.1, -0.05) is 32.1 Å². The summed E-state index contributed by atoms with van der Waals surface area (Å²) >= 11 is 0. The van der Waals surface area contributed by atoms with Crippen LogP contribution in [0.5, 0.6) is 0 Å². The Bertz CT molecular complexity index is 439. The Kier molecular flexibility index (Phi) is 2.06. The summed E-state index contributed by atoms with van der Waals surface area (Å²) in [4.78, 5) is 11.4. The fourth-order valence-corrected chi connectivity index (χ4v) is 3.85. The molecule has 2 heterocycles. The summed E-state index contributed by atoms with van der Waals surface area (Å²) < 4.78 is 11.3. The van der Waals surface area contributed by atoms with E-state index < -0.39 is 17.5 Å². The SMILES string of the molecule is O=C(O)C1=C(CC2CCCCC2)C23OC2(CC1)O3. The number of carboxylic acid groups (broad SMARTS) is 1. The third-order valence-electron chi connectivity index (χ3n) is 4.98. The van der Waals surface area contributed by atoms with E-state index in [4.69, 9.17) is 9.47 Å². The fraction of sp³-hybridized carbons (Fsp3) is 0.786. The number of carboxylic acids is 1. The first kappa shape index (κ1) is 11.0. The molecule has 1 saturated carbocycles. The maximum atomic E-state index is 11.4. The molecule has 4 heteroatoms. The molecule has 0 aromatic heterocycles. The van der Waals surface area contributed by atoms with Crippen LogP contribution in [0.2, 0.25) is 0 Å². The van der Waals surface area contributed by atoms with Gasteiger partial charge in [-0.15, -0.1) is 0 Å². The van der Waals surface area contributed by atoms with Crippen LogP contribution in [0.15, 0.2) is 11.1 Å². The third-order valence-corrected chi connectivity index (χ3v) is 4.98. The largest absolute Gasteiger partial charge is 0.478 e. The second-order valence-electron chi connectivity index (χ2n) is 6.04. The van der Waals surface area contributed by atoms with Crippen LogP contribution in [0.25, 0.3) is 0 Å². The van der Waals surface area contributed by atoms with E-state index in [-0.39, 0.29) is 0 Å². The number of carbonyl (C=O) groups is 1. The molecule has 98 valence electrons. The Hall–Kier alpha value is -0.870. The highest BCUT2D eigenvalue weighted by atomic mass is 17.0. The normalized spacial score (nSPS) is 42.2. The topological polar surface area (TPSA) is 62.4 Å². The van der Waals surface area contributed by atoms with Crippen molar-refractivity contribution >= 4 is 5.97 Å². The molecule has 18 heavy (non-hydrogen) atoms. The molecule has 0 spiro atoms. The molecular formula is C14H18O4. The van der Waals surface area contributed by atoms with Gasteiger partial charge in [0.05, 0.1) is 0 Å². The van der Waals surface area contributed by atoms with Crippen LogP contribution in [0.1, 0.15) is 51.4 Å². The van der Waals surface area contributed by atoms with Crippen LogP contribution < -0.4 is 0 Å². The fourth-order valence-electron chi connectivity index (χ4n) is 3.85. The van der Waals surface area contributed by atoms with Crippen LogP contribution in [-0.4, -0.2) is 22.7 Å². The molecule has 0 radical (unpaired) electrons. The average Bonchev–Trinajstić information content (AvgIpc) is 3.16. The maximum Gasteiger partial charge on any atom is 0.331 e. The highest BCUT2D eigenvalue weighted by Gasteiger charge is 2.93. The van der Waals surface area contributed by atoms with Crippen LogP contribution in [0.3, 0.4) is 0 Å². The number of hydrogen-bond donors (Lipinski definition) is 1. The second kappa shape index (κ2) is 3.36. The van der Waals surface area contributed by atoms with Gasteiger partial charge < -0.3 is 14.6 Å². The monoisotopic (exact) mass is 250 g/mol. The van der Waals surface area contributed by atoms with Gasteiger partial charge in [0.15, 0.2) is 0 Å². The first-order valence-electron chi connectivity index (χ1n) is 7.03. The Morgan fingerprint density at radius 3 is 2.67 bits per heavy atom. The second-order valence-corrected chi connectivity index (χ2v) is 6.04. The van der Waals surface area contributed by atoms with Crippen molar-refractivity contribution < 1.29 is 19.4 Å². The van der Waals surface area contributed by atoms with Crippen molar-refractivity contribution in [1.29, 1.82) is 0 Å². The van der Waals surface area contributed by atoms with Gasteiger partial charge in [0.2, 0.25) is 5.79 Å². The van der Waals surface area contributed by atoms with E-state index in [0.717, 1.165) is 12.0 Å².